The number of hydrogen-bond donors (Lipinski definition) is 0. The number of rotatable bonds is 2. The smallest absolute Gasteiger partial charge is 0.0205 e. The summed E-state index contributed by atoms with van der Waals surface area (Å²) in [6.07, 6.45) is 6.24. The van der Waals surface area contributed by atoms with E-state index in [2.05, 4.69) is 42.2 Å². The number of hydrogen-bond acceptors (Lipinski definition) is 0. The van der Waals surface area contributed by atoms with Crippen molar-refractivity contribution in [3.63, 3.8) is 0 Å². The van der Waals surface area contributed by atoms with Gasteiger partial charge in [-0.1, -0.05) is 46.4 Å². The molecule has 0 saturated heterocycles. The van der Waals surface area contributed by atoms with Gasteiger partial charge in [0.2, 0.25) is 0 Å². The standard InChI is InChI=1S/C10H15I/c1-8(2)10-5-3-9(7-11)4-6-10/h3,10H,1,4-7H2,2H3. The van der Waals surface area contributed by atoms with Crippen LogP contribution in [0.15, 0.2) is 23.8 Å². The Morgan fingerprint density at radius 3 is 2.91 bits per heavy atom. The maximum Gasteiger partial charge on any atom is 0.0205 e. The lowest BCUT2D eigenvalue weighted by Gasteiger charge is -2.20. The molecule has 1 aliphatic carbocycles. The molecule has 0 aromatic heterocycles. The van der Waals surface area contributed by atoms with E-state index in [-0.39, 0.29) is 0 Å². The molecule has 0 heterocycles. The second-order valence-electron chi connectivity index (χ2n) is 3.31. The third-order valence-electron chi connectivity index (χ3n) is 2.37. The van der Waals surface area contributed by atoms with Crippen LogP contribution in [0, 0.1) is 5.92 Å². The van der Waals surface area contributed by atoms with Crippen molar-refractivity contribution in [2.75, 3.05) is 4.43 Å². The zero-order valence-corrected chi connectivity index (χ0v) is 9.23. The van der Waals surface area contributed by atoms with Crippen molar-refractivity contribution < 1.29 is 0 Å². The van der Waals surface area contributed by atoms with Crippen LogP contribution in [0.1, 0.15) is 26.2 Å². The zero-order chi connectivity index (χ0) is 8.27. The van der Waals surface area contributed by atoms with E-state index in [1.807, 2.05) is 0 Å². The summed E-state index contributed by atoms with van der Waals surface area (Å²) < 4.78 is 1.21. The van der Waals surface area contributed by atoms with Gasteiger partial charge in [-0.2, -0.15) is 0 Å². The molecule has 0 aliphatic heterocycles. The molecule has 1 aliphatic rings. The predicted molar refractivity (Wildman–Crippen MR) is 59.1 cm³/mol. The fourth-order valence-corrected chi connectivity index (χ4v) is 2.15. The lowest BCUT2D eigenvalue weighted by atomic mass is 9.86. The van der Waals surface area contributed by atoms with Gasteiger partial charge >= 0.3 is 0 Å². The van der Waals surface area contributed by atoms with Crippen molar-refractivity contribution in [3.05, 3.63) is 23.8 Å². The lowest BCUT2D eigenvalue weighted by molar-refractivity contribution is 0.542. The molecule has 0 fully saturated rings. The van der Waals surface area contributed by atoms with Crippen LogP contribution in [0.5, 0.6) is 0 Å². The molecule has 1 heteroatoms. The maximum absolute atomic E-state index is 4.00. The van der Waals surface area contributed by atoms with Gasteiger partial charge in [0, 0.05) is 4.43 Å². The topological polar surface area (TPSA) is 0 Å². The molecule has 1 unspecified atom stereocenters. The van der Waals surface area contributed by atoms with Gasteiger partial charge in [-0.3, -0.25) is 0 Å². The Labute approximate surface area is 82.9 Å². The second-order valence-corrected chi connectivity index (χ2v) is 4.08. The van der Waals surface area contributed by atoms with Crippen molar-refractivity contribution >= 4 is 22.6 Å². The van der Waals surface area contributed by atoms with Crippen LogP contribution in [-0.2, 0) is 0 Å². The Kier molecular flexibility index (Phi) is 3.63. The van der Waals surface area contributed by atoms with Crippen molar-refractivity contribution in [2.45, 2.75) is 26.2 Å². The molecule has 0 N–H and O–H groups in total. The highest BCUT2D eigenvalue weighted by Gasteiger charge is 2.13. The summed E-state index contributed by atoms with van der Waals surface area (Å²) in [5.41, 5.74) is 2.98. The van der Waals surface area contributed by atoms with E-state index in [1.54, 1.807) is 5.57 Å². The Morgan fingerprint density at radius 1 is 1.82 bits per heavy atom. The van der Waals surface area contributed by atoms with Gasteiger partial charge in [0.05, 0.1) is 0 Å². The molecule has 0 spiro atoms. The highest BCUT2D eigenvalue weighted by molar-refractivity contribution is 14.1. The Balaban J connectivity index is 2.47. The molecule has 0 bridgehead atoms. The number of allylic oxidation sites excluding steroid dienone is 3. The van der Waals surface area contributed by atoms with Gasteiger partial charge in [0.15, 0.2) is 0 Å². The summed E-state index contributed by atoms with van der Waals surface area (Å²) in [7, 11) is 0. The summed E-state index contributed by atoms with van der Waals surface area (Å²) >= 11 is 2.44. The van der Waals surface area contributed by atoms with E-state index >= 15 is 0 Å². The monoisotopic (exact) mass is 262 g/mol. The summed E-state index contributed by atoms with van der Waals surface area (Å²) in [5, 5.41) is 0. The summed E-state index contributed by atoms with van der Waals surface area (Å²) in [4.78, 5) is 0. The minimum absolute atomic E-state index is 0.765. The molecular weight excluding hydrogens is 247 g/mol. The number of alkyl halides is 1. The average Bonchev–Trinajstić information content (AvgIpc) is 2.05. The van der Waals surface area contributed by atoms with E-state index in [4.69, 9.17) is 0 Å². The summed E-state index contributed by atoms with van der Waals surface area (Å²) in [6.45, 7) is 6.14. The van der Waals surface area contributed by atoms with Crippen LogP contribution in [0.25, 0.3) is 0 Å². The zero-order valence-electron chi connectivity index (χ0n) is 7.07. The Bertz CT molecular complexity index is 179. The van der Waals surface area contributed by atoms with Crippen LogP contribution in [0.3, 0.4) is 0 Å². The molecular formula is C10H15I. The molecule has 0 radical (unpaired) electrons. The van der Waals surface area contributed by atoms with Crippen molar-refractivity contribution in [1.82, 2.24) is 0 Å². The maximum atomic E-state index is 4.00. The van der Waals surface area contributed by atoms with E-state index in [0.717, 1.165) is 5.92 Å². The fourth-order valence-electron chi connectivity index (χ4n) is 1.46. The SMILES string of the molecule is C=C(C)C1CC=C(CI)CC1. The van der Waals surface area contributed by atoms with Crippen molar-refractivity contribution in [3.8, 4) is 0 Å². The van der Waals surface area contributed by atoms with Gasteiger partial charge in [-0.25, -0.2) is 0 Å². The van der Waals surface area contributed by atoms with Crippen molar-refractivity contribution in [2.24, 2.45) is 5.92 Å². The second kappa shape index (κ2) is 4.29. The Morgan fingerprint density at radius 2 is 2.55 bits per heavy atom. The van der Waals surface area contributed by atoms with E-state index in [0.29, 0.717) is 0 Å². The first kappa shape index (κ1) is 9.30. The molecule has 0 nitrogen and oxygen atoms in total. The normalized spacial score (nSPS) is 24.5. The first-order valence-corrected chi connectivity index (χ1v) is 5.66. The predicted octanol–water partition coefficient (Wildman–Crippen LogP) is 3.72. The Hall–Kier alpha value is 0.210. The molecule has 1 rings (SSSR count). The van der Waals surface area contributed by atoms with Crippen molar-refractivity contribution in [1.29, 1.82) is 0 Å². The molecule has 62 valence electrons. The van der Waals surface area contributed by atoms with Crippen LogP contribution in [0.2, 0.25) is 0 Å². The first-order valence-electron chi connectivity index (χ1n) is 4.13. The average molecular weight is 262 g/mol. The van der Waals surface area contributed by atoms with Gasteiger partial charge in [-0.15, -0.1) is 0 Å². The molecule has 0 aromatic rings. The van der Waals surface area contributed by atoms with E-state index < -0.39 is 0 Å². The van der Waals surface area contributed by atoms with Gasteiger partial charge < -0.3 is 0 Å². The van der Waals surface area contributed by atoms with Crippen LogP contribution in [0.4, 0.5) is 0 Å². The largest absolute Gasteiger partial charge is 0.0998 e. The fraction of sp³-hybridized carbons (Fsp3) is 0.600. The highest BCUT2D eigenvalue weighted by atomic mass is 127. The van der Waals surface area contributed by atoms with Crippen LogP contribution in [-0.4, -0.2) is 4.43 Å². The molecule has 11 heavy (non-hydrogen) atoms. The first-order chi connectivity index (χ1) is 5.24. The van der Waals surface area contributed by atoms with E-state index in [1.165, 1.54) is 29.3 Å². The summed E-state index contributed by atoms with van der Waals surface area (Å²) in [6, 6.07) is 0. The van der Waals surface area contributed by atoms with Gasteiger partial charge in [0.1, 0.15) is 0 Å². The quantitative estimate of drug-likeness (QED) is 0.404. The minimum atomic E-state index is 0.765. The molecule has 0 amide bonds. The highest BCUT2D eigenvalue weighted by Crippen LogP contribution is 2.28. The van der Waals surface area contributed by atoms with Crippen LogP contribution >= 0.6 is 22.6 Å². The third-order valence-corrected chi connectivity index (χ3v) is 3.35. The minimum Gasteiger partial charge on any atom is -0.0998 e. The van der Waals surface area contributed by atoms with Gasteiger partial charge in [-0.05, 0) is 32.1 Å². The lowest BCUT2D eigenvalue weighted by Crippen LogP contribution is -2.06. The molecule has 1 atom stereocenters. The third kappa shape index (κ3) is 2.62. The van der Waals surface area contributed by atoms with Crippen LogP contribution < -0.4 is 0 Å². The van der Waals surface area contributed by atoms with E-state index in [9.17, 15) is 0 Å². The number of halogens is 1. The summed E-state index contributed by atoms with van der Waals surface area (Å²) in [5.74, 6) is 0.765. The van der Waals surface area contributed by atoms with Gasteiger partial charge in [0.25, 0.3) is 0 Å². The molecule has 0 saturated carbocycles. The molecule has 0 aromatic carbocycles.